The van der Waals surface area contributed by atoms with E-state index in [1.54, 1.807) is 17.8 Å². The smallest absolute Gasteiger partial charge is 0.271 e. The summed E-state index contributed by atoms with van der Waals surface area (Å²) in [6.07, 6.45) is 4.75. The number of likely N-dealkylation sites (tertiary alicyclic amines) is 1. The molecule has 0 bridgehead atoms. The molecule has 7 rings (SSSR count). The van der Waals surface area contributed by atoms with Crippen LogP contribution in [0.15, 0.2) is 30.5 Å². The minimum atomic E-state index is -2.67. The van der Waals surface area contributed by atoms with Gasteiger partial charge in [-0.3, -0.25) is 9.69 Å². The summed E-state index contributed by atoms with van der Waals surface area (Å²) in [5.41, 5.74) is 4.26. The normalized spacial score (nSPS) is 24.6. The van der Waals surface area contributed by atoms with E-state index in [1.165, 1.54) is 11.1 Å². The average molecular weight is 567 g/mol. The van der Waals surface area contributed by atoms with Crippen LogP contribution in [0.3, 0.4) is 0 Å². The highest BCUT2D eigenvalue weighted by Gasteiger charge is 2.60. The summed E-state index contributed by atoms with van der Waals surface area (Å²) in [6, 6.07) is 8.15. The van der Waals surface area contributed by atoms with Crippen LogP contribution in [0, 0.1) is 5.41 Å². The molecule has 1 spiro atoms. The Balaban J connectivity index is 1.14. The van der Waals surface area contributed by atoms with E-state index in [4.69, 9.17) is 9.84 Å². The topological polar surface area (TPSA) is 99.1 Å². The van der Waals surface area contributed by atoms with Crippen molar-refractivity contribution >= 4 is 28.7 Å². The van der Waals surface area contributed by atoms with Gasteiger partial charge in [0, 0.05) is 52.1 Å². The number of carbonyl (C=O) groups is 1. The van der Waals surface area contributed by atoms with E-state index >= 15 is 0 Å². The maximum atomic E-state index is 14.7. The average Bonchev–Trinajstić information content (AvgIpc) is 3.56. The summed E-state index contributed by atoms with van der Waals surface area (Å²) in [4.78, 5) is 22.0. The third kappa shape index (κ3) is 4.26. The van der Waals surface area contributed by atoms with Crippen molar-refractivity contribution in [2.45, 2.75) is 50.3 Å². The van der Waals surface area contributed by atoms with Gasteiger partial charge < -0.3 is 25.6 Å². The SMILES string of the molecule is CNc1cc(N2CCc3c(CN4CC5(CCNCC5(F)F)C4)cccc32)nn2c(C(=O)N[C@@H]3CC[C@H]3OC)cnc12. The number of rotatable bonds is 7. The first kappa shape index (κ1) is 26.5. The second-order valence-corrected chi connectivity index (χ2v) is 11.8. The molecule has 4 aliphatic rings. The van der Waals surface area contributed by atoms with Crippen LogP contribution in [0.2, 0.25) is 0 Å². The summed E-state index contributed by atoms with van der Waals surface area (Å²) in [7, 11) is 3.49. The number of amides is 1. The zero-order valence-electron chi connectivity index (χ0n) is 23.4. The number of ether oxygens (including phenoxy) is 1. The molecule has 1 amide bonds. The molecule has 1 saturated carbocycles. The molecule has 41 heavy (non-hydrogen) atoms. The Hall–Kier alpha value is -3.35. The number of anilines is 3. The third-order valence-electron chi connectivity index (χ3n) is 9.54. The van der Waals surface area contributed by atoms with Crippen LogP contribution in [0.4, 0.5) is 26.0 Å². The number of fused-ring (bicyclic) bond motifs is 2. The van der Waals surface area contributed by atoms with Crippen molar-refractivity contribution in [2.24, 2.45) is 5.41 Å². The van der Waals surface area contributed by atoms with E-state index in [-0.39, 0.29) is 24.6 Å². The fraction of sp³-hybridized carbons (Fsp3) is 0.552. The van der Waals surface area contributed by atoms with Crippen LogP contribution in [-0.2, 0) is 17.7 Å². The van der Waals surface area contributed by atoms with Gasteiger partial charge >= 0.3 is 0 Å². The molecule has 0 radical (unpaired) electrons. The first-order valence-electron chi connectivity index (χ1n) is 14.4. The number of carbonyl (C=O) groups excluding carboxylic acids is 1. The Labute approximate surface area is 237 Å². The number of imidazole rings is 1. The molecule has 12 heteroatoms. The van der Waals surface area contributed by atoms with Gasteiger partial charge in [0.1, 0.15) is 0 Å². The summed E-state index contributed by atoms with van der Waals surface area (Å²) in [5, 5.41) is 14.0. The zero-order chi connectivity index (χ0) is 28.4. The fourth-order valence-corrected chi connectivity index (χ4v) is 6.97. The Morgan fingerprint density at radius 2 is 2.12 bits per heavy atom. The Bertz CT molecular complexity index is 1480. The monoisotopic (exact) mass is 566 g/mol. The van der Waals surface area contributed by atoms with Gasteiger partial charge in [-0.1, -0.05) is 12.1 Å². The van der Waals surface area contributed by atoms with Crippen molar-refractivity contribution in [1.29, 1.82) is 0 Å². The molecule has 3 aliphatic heterocycles. The molecule has 3 aromatic rings. The van der Waals surface area contributed by atoms with Crippen molar-refractivity contribution in [1.82, 2.24) is 30.1 Å². The van der Waals surface area contributed by atoms with Crippen molar-refractivity contribution in [3.63, 3.8) is 0 Å². The molecule has 3 N–H and O–H groups in total. The molecule has 2 atom stereocenters. The van der Waals surface area contributed by atoms with Crippen molar-refractivity contribution in [3.05, 3.63) is 47.3 Å². The number of piperidine rings is 1. The lowest BCUT2D eigenvalue weighted by Crippen LogP contribution is -2.69. The lowest BCUT2D eigenvalue weighted by atomic mass is 9.69. The van der Waals surface area contributed by atoms with Gasteiger partial charge in [-0.2, -0.15) is 0 Å². The molecular formula is C29H36F2N8O2. The standard InChI is InChI=1S/C29H36F2N8O2/c1-32-21-12-25(36-39-23(13-34-26(21)39)27(40)35-20-6-7-24(20)41-2)38-11-8-19-18(4-3-5-22(19)38)14-37-16-28(17-37)9-10-33-15-29(28,30)31/h3-5,12-13,20,24,32-33H,6-11,14-17H2,1-2H3,(H,35,40)/t20-,24-/m1/s1. The number of alkyl halides is 2. The van der Waals surface area contributed by atoms with E-state index < -0.39 is 11.3 Å². The third-order valence-corrected chi connectivity index (χ3v) is 9.54. The summed E-state index contributed by atoms with van der Waals surface area (Å²) in [6.45, 7) is 2.67. The van der Waals surface area contributed by atoms with Gasteiger partial charge in [-0.05, 0) is 49.4 Å². The molecule has 0 unspecified atom stereocenters. The Morgan fingerprint density at radius 1 is 1.27 bits per heavy atom. The lowest BCUT2D eigenvalue weighted by molar-refractivity contribution is -0.205. The number of halogens is 2. The number of nitrogens with zero attached hydrogens (tertiary/aromatic N) is 5. The second-order valence-electron chi connectivity index (χ2n) is 11.8. The first-order valence-corrected chi connectivity index (χ1v) is 14.4. The molecule has 3 fully saturated rings. The van der Waals surface area contributed by atoms with Gasteiger partial charge in [-0.25, -0.2) is 18.3 Å². The summed E-state index contributed by atoms with van der Waals surface area (Å²) >= 11 is 0. The minimum absolute atomic E-state index is 0.0174. The molecule has 2 aromatic heterocycles. The number of benzene rings is 1. The van der Waals surface area contributed by atoms with Crippen LogP contribution in [-0.4, -0.2) is 90.4 Å². The Kier molecular flexibility index (Phi) is 6.40. The van der Waals surface area contributed by atoms with E-state index in [0.717, 1.165) is 37.2 Å². The van der Waals surface area contributed by atoms with Crippen LogP contribution in [0.1, 0.15) is 40.9 Å². The molecule has 10 nitrogen and oxygen atoms in total. The summed E-state index contributed by atoms with van der Waals surface area (Å²) in [5.74, 6) is -2.19. The van der Waals surface area contributed by atoms with Crippen molar-refractivity contribution in [2.75, 3.05) is 57.1 Å². The predicted octanol–water partition coefficient (Wildman–Crippen LogP) is 2.80. The maximum absolute atomic E-state index is 14.7. The van der Waals surface area contributed by atoms with E-state index in [9.17, 15) is 13.6 Å². The van der Waals surface area contributed by atoms with E-state index in [0.29, 0.717) is 49.8 Å². The number of hydrogen-bond donors (Lipinski definition) is 3. The van der Waals surface area contributed by atoms with Crippen LogP contribution in [0.25, 0.3) is 5.65 Å². The highest BCUT2D eigenvalue weighted by molar-refractivity contribution is 5.94. The molecule has 2 saturated heterocycles. The van der Waals surface area contributed by atoms with Gasteiger partial charge in [0.15, 0.2) is 17.2 Å². The number of methoxy groups -OCH3 is 1. The number of hydrogen-bond acceptors (Lipinski definition) is 8. The number of nitrogens with one attached hydrogen (secondary N) is 3. The molecule has 5 heterocycles. The fourth-order valence-electron chi connectivity index (χ4n) is 6.97. The van der Waals surface area contributed by atoms with Gasteiger partial charge in [-0.15, -0.1) is 5.10 Å². The van der Waals surface area contributed by atoms with Crippen molar-refractivity contribution < 1.29 is 18.3 Å². The van der Waals surface area contributed by atoms with E-state index in [2.05, 4.69) is 42.9 Å². The maximum Gasteiger partial charge on any atom is 0.271 e. The molecule has 1 aromatic carbocycles. The van der Waals surface area contributed by atoms with Crippen LogP contribution >= 0.6 is 0 Å². The predicted molar refractivity (Wildman–Crippen MR) is 151 cm³/mol. The Morgan fingerprint density at radius 3 is 2.85 bits per heavy atom. The lowest BCUT2D eigenvalue weighted by Gasteiger charge is -2.56. The second kappa shape index (κ2) is 9.88. The van der Waals surface area contributed by atoms with Gasteiger partial charge in [0.05, 0.1) is 36.0 Å². The van der Waals surface area contributed by atoms with Crippen LogP contribution in [0.5, 0.6) is 0 Å². The van der Waals surface area contributed by atoms with E-state index in [1.807, 2.05) is 19.2 Å². The highest BCUT2D eigenvalue weighted by Crippen LogP contribution is 2.49. The highest BCUT2D eigenvalue weighted by atomic mass is 19.3. The quantitative estimate of drug-likeness (QED) is 0.402. The largest absolute Gasteiger partial charge is 0.385 e. The zero-order valence-corrected chi connectivity index (χ0v) is 23.4. The molecule has 1 aliphatic carbocycles. The first-order chi connectivity index (χ1) is 19.8. The van der Waals surface area contributed by atoms with Crippen molar-refractivity contribution in [3.8, 4) is 0 Å². The summed E-state index contributed by atoms with van der Waals surface area (Å²) < 4.78 is 36.4. The molecule has 218 valence electrons. The van der Waals surface area contributed by atoms with Crippen LogP contribution < -0.4 is 20.9 Å². The van der Waals surface area contributed by atoms with Gasteiger partial charge in [0.2, 0.25) is 0 Å². The number of aromatic nitrogens is 3. The van der Waals surface area contributed by atoms with Gasteiger partial charge in [0.25, 0.3) is 11.8 Å². The molecular weight excluding hydrogens is 530 g/mol. The minimum Gasteiger partial charge on any atom is -0.385 e.